The molecule has 0 aliphatic heterocycles. The van der Waals surface area contributed by atoms with Gasteiger partial charge in [0, 0.05) is 25.7 Å². The van der Waals surface area contributed by atoms with Crippen molar-refractivity contribution in [3.8, 4) is 0 Å². The summed E-state index contributed by atoms with van der Waals surface area (Å²) in [6.07, 6.45) is 2.54. The van der Waals surface area contributed by atoms with Gasteiger partial charge in [-0.3, -0.25) is 9.59 Å². The highest BCUT2D eigenvalue weighted by molar-refractivity contribution is 6.31. The third kappa shape index (κ3) is 5.79. The Morgan fingerprint density at radius 1 is 1.43 bits per heavy atom. The molecule has 0 saturated heterocycles. The number of carbonyl (C=O) groups is 2. The molecule has 0 saturated carbocycles. The van der Waals surface area contributed by atoms with Crippen molar-refractivity contribution in [2.75, 3.05) is 6.54 Å². The molecule has 0 aromatic carbocycles. The molecule has 0 fully saturated rings. The molecule has 0 aliphatic rings. The lowest BCUT2D eigenvalue weighted by molar-refractivity contribution is -0.138. The summed E-state index contributed by atoms with van der Waals surface area (Å²) in [6.45, 7) is 7.02. The largest absolute Gasteiger partial charge is 0.481 e. The zero-order chi connectivity index (χ0) is 16.0. The van der Waals surface area contributed by atoms with E-state index in [-0.39, 0.29) is 18.2 Å². The minimum Gasteiger partial charge on any atom is -0.481 e. The van der Waals surface area contributed by atoms with Crippen LogP contribution >= 0.6 is 11.6 Å². The topological polar surface area (TPSA) is 71.3 Å². The predicted molar refractivity (Wildman–Crippen MR) is 82.6 cm³/mol. The third-order valence-corrected chi connectivity index (χ3v) is 3.46. The number of aromatic nitrogens is 1. The number of rotatable bonds is 8. The van der Waals surface area contributed by atoms with Gasteiger partial charge in [0.05, 0.1) is 5.02 Å². The SMILES string of the molecule is CCn1cc(Cl)cc1C(=O)NC[C@H](CC(=O)O)CC(C)C. The van der Waals surface area contributed by atoms with Gasteiger partial charge >= 0.3 is 5.97 Å². The fourth-order valence-electron chi connectivity index (χ4n) is 2.41. The van der Waals surface area contributed by atoms with Crippen molar-refractivity contribution in [2.24, 2.45) is 11.8 Å². The number of aryl methyl sites for hydroxylation is 1. The Bertz CT molecular complexity index is 497. The van der Waals surface area contributed by atoms with Gasteiger partial charge in [0.15, 0.2) is 0 Å². The summed E-state index contributed by atoms with van der Waals surface area (Å²) in [5.41, 5.74) is 0.501. The van der Waals surface area contributed by atoms with Gasteiger partial charge in [0.2, 0.25) is 0 Å². The summed E-state index contributed by atoms with van der Waals surface area (Å²) in [5.74, 6) is -0.732. The maximum Gasteiger partial charge on any atom is 0.303 e. The highest BCUT2D eigenvalue weighted by atomic mass is 35.5. The molecule has 21 heavy (non-hydrogen) atoms. The molecule has 5 nitrogen and oxygen atoms in total. The first kappa shape index (κ1) is 17.6. The van der Waals surface area contributed by atoms with E-state index in [0.717, 1.165) is 6.42 Å². The quantitative estimate of drug-likeness (QED) is 0.774. The first-order chi connectivity index (χ1) is 9.83. The first-order valence-electron chi connectivity index (χ1n) is 7.19. The van der Waals surface area contributed by atoms with Crippen LogP contribution in [0.5, 0.6) is 0 Å². The van der Waals surface area contributed by atoms with E-state index in [1.807, 2.05) is 20.8 Å². The second-order valence-electron chi connectivity index (χ2n) is 5.63. The molecule has 1 rings (SSSR count). The van der Waals surface area contributed by atoms with Gasteiger partial charge in [-0.25, -0.2) is 0 Å². The summed E-state index contributed by atoms with van der Waals surface area (Å²) in [7, 11) is 0. The molecule has 1 heterocycles. The summed E-state index contributed by atoms with van der Waals surface area (Å²) in [5, 5.41) is 12.3. The summed E-state index contributed by atoms with van der Waals surface area (Å²) in [4.78, 5) is 23.1. The third-order valence-electron chi connectivity index (χ3n) is 3.26. The molecule has 6 heteroatoms. The van der Waals surface area contributed by atoms with Gasteiger partial charge < -0.3 is 15.0 Å². The van der Waals surface area contributed by atoms with E-state index >= 15 is 0 Å². The zero-order valence-electron chi connectivity index (χ0n) is 12.7. The van der Waals surface area contributed by atoms with Crippen LogP contribution in [0.1, 0.15) is 44.1 Å². The van der Waals surface area contributed by atoms with Crippen LogP contribution < -0.4 is 5.32 Å². The Labute approximate surface area is 130 Å². The van der Waals surface area contributed by atoms with Gasteiger partial charge in [0.1, 0.15) is 5.69 Å². The Hall–Kier alpha value is -1.49. The number of hydrogen-bond donors (Lipinski definition) is 2. The molecule has 2 N–H and O–H groups in total. The monoisotopic (exact) mass is 314 g/mol. The molecular formula is C15H23ClN2O3. The van der Waals surface area contributed by atoms with Gasteiger partial charge in [-0.2, -0.15) is 0 Å². The van der Waals surface area contributed by atoms with Crippen molar-refractivity contribution < 1.29 is 14.7 Å². The van der Waals surface area contributed by atoms with Crippen LogP contribution in [0.25, 0.3) is 0 Å². The van der Waals surface area contributed by atoms with Crippen molar-refractivity contribution in [2.45, 2.75) is 40.2 Å². The van der Waals surface area contributed by atoms with Crippen molar-refractivity contribution >= 4 is 23.5 Å². The van der Waals surface area contributed by atoms with Crippen LogP contribution in [0.3, 0.4) is 0 Å². The normalized spacial score (nSPS) is 12.4. The number of nitrogens with one attached hydrogen (secondary N) is 1. The van der Waals surface area contributed by atoms with Crippen LogP contribution in [0, 0.1) is 11.8 Å². The minimum absolute atomic E-state index is 0.0630. The number of aliphatic carboxylic acids is 1. The molecule has 1 amide bonds. The van der Waals surface area contributed by atoms with Crippen LogP contribution in [0.4, 0.5) is 0 Å². The zero-order valence-corrected chi connectivity index (χ0v) is 13.5. The average molecular weight is 315 g/mol. The molecule has 118 valence electrons. The second-order valence-corrected chi connectivity index (χ2v) is 6.07. The van der Waals surface area contributed by atoms with Gasteiger partial charge in [-0.15, -0.1) is 0 Å². The summed E-state index contributed by atoms with van der Waals surface area (Å²) < 4.78 is 1.77. The number of carboxylic acids is 1. The minimum atomic E-state index is -0.838. The van der Waals surface area contributed by atoms with Crippen molar-refractivity contribution in [3.63, 3.8) is 0 Å². The summed E-state index contributed by atoms with van der Waals surface area (Å²) in [6, 6.07) is 1.62. The van der Waals surface area contributed by atoms with E-state index in [4.69, 9.17) is 16.7 Å². The lowest BCUT2D eigenvalue weighted by atomic mass is 9.94. The highest BCUT2D eigenvalue weighted by Gasteiger charge is 2.18. The van der Waals surface area contributed by atoms with E-state index in [1.54, 1.807) is 16.8 Å². The van der Waals surface area contributed by atoms with Crippen LogP contribution in [-0.4, -0.2) is 28.1 Å². The van der Waals surface area contributed by atoms with Crippen LogP contribution in [0.15, 0.2) is 12.3 Å². The van der Waals surface area contributed by atoms with Gasteiger partial charge in [-0.1, -0.05) is 25.4 Å². The molecule has 0 aliphatic carbocycles. The molecule has 1 atom stereocenters. The second kappa shape index (κ2) is 8.08. The lowest BCUT2D eigenvalue weighted by Gasteiger charge is -2.18. The maximum absolute atomic E-state index is 12.2. The van der Waals surface area contributed by atoms with Crippen LogP contribution in [-0.2, 0) is 11.3 Å². The van der Waals surface area contributed by atoms with E-state index in [0.29, 0.717) is 29.7 Å². The number of halogens is 1. The Balaban J connectivity index is 2.65. The fraction of sp³-hybridized carbons (Fsp3) is 0.600. The summed E-state index contributed by atoms with van der Waals surface area (Å²) >= 11 is 5.91. The maximum atomic E-state index is 12.2. The standard InChI is InChI=1S/C15H23ClN2O3/c1-4-18-9-12(16)7-13(18)15(21)17-8-11(5-10(2)3)6-14(19)20/h7,9-11H,4-6,8H2,1-3H3,(H,17,21)(H,19,20)/t11-/m0/s1. The number of nitrogens with zero attached hydrogens (tertiary/aromatic N) is 1. The van der Waals surface area contributed by atoms with Gasteiger partial charge in [0.25, 0.3) is 5.91 Å². The highest BCUT2D eigenvalue weighted by Crippen LogP contribution is 2.16. The van der Waals surface area contributed by atoms with E-state index in [1.165, 1.54) is 0 Å². The predicted octanol–water partition coefficient (Wildman–Crippen LogP) is 3.03. The Morgan fingerprint density at radius 2 is 2.10 bits per heavy atom. The van der Waals surface area contributed by atoms with E-state index < -0.39 is 5.97 Å². The molecule has 1 aromatic rings. The fourth-order valence-corrected chi connectivity index (χ4v) is 2.63. The molecule has 0 spiro atoms. The molecule has 0 radical (unpaired) electrons. The molecule has 0 bridgehead atoms. The van der Waals surface area contributed by atoms with Crippen molar-refractivity contribution in [1.82, 2.24) is 9.88 Å². The van der Waals surface area contributed by atoms with E-state index in [9.17, 15) is 9.59 Å². The van der Waals surface area contributed by atoms with Crippen molar-refractivity contribution in [1.29, 1.82) is 0 Å². The molecule has 1 aromatic heterocycles. The first-order valence-corrected chi connectivity index (χ1v) is 7.56. The lowest BCUT2D eigenvalue weighted by Crippen LogP contribution is -2.32. The number of carbonyl (C=O) groups excluding carboxylic acids is 1. The number of carboxylic acid groups (broad SMARTS) is 1. The number of amides is 1. The van der Waals surface area contributed by atoms with Crippen LogP contribution in [0.2, 0.25) is 5.02 Å². The van der Waals surface area contributed by atoms with Crippen molar-refractivity contribution in [3.05, 3.63) is 23.0 Å². The molecule has 0 unspecified atom stereocenters. The van der Waals surface area contributed by atoms with E-state index in [2.05, 4.69) is 5.32 Å². The van der Waals surface area contributed by atoms with Gasteiger partial charge in [-0.05, 0) is 31.2 Å². The Kier molecular flexibility index (Phi) is 6.75. The smallest absolute Gasteiger partial charge is 0.303 e. The molecular weight excluding hydrogens is 292 g/mol. The average Bonchev–Trinajstić information content (AvgIpc) is 2.75. The number of hydrogen-bond acceptors (Lipinski definition) is 2. The Morgan fingerprint density at radius 3 is 2.62 bits per heavy atom.